The maximum absolute atomic E-state index is 11.7. The number of rotatable bonds is 6. The van der Waals surface area contributed by atoms with E-state index in [0.29, 0.717) is 0 Å². The van der Waals surface area contributed by atoms with Crippen molar-refractivity contribution in [3.05, 3.63) is 0 Å². The molecule has 2 unspecified atom stereocenters. The Morgan fingerprint density at radius 1 is 1.06 bits per heavy atom. The van der Waals surface area contributed by atoms with Crippen molar-refractivity contribution in [3.63, 3.8) is 0 Å². The van der Waals surface area contributed by atoms with Gasteiger partial charge in [-0.05, 0) is 18.8 Å². The van der Waals surface area contributed by atoms with Gasteiger partial charge >= 0.3 is 11.9 Å². The molecule has 0 fully saturated rings. The Kier molecular flexibility index (Phi) is 6.08. The fourth-order valence-electron chi connectivity index (χ4n) is 1.93. The van der Waals surface area contributed by atoms with Crippen LogP contribution < -0.4 is 0 Å². The Hall–Kier alpha value is -1.06. The average molecular weight is 230 g/mol. The lowest BCUT2D eigenvalue weighted by atomic mass is 9.77. The third kappa shape index (κ3) is 3.83. The summed E-state index contributed by atoms with van der Waals surface area (Å²) in [5.74, 6) is -2.71. The van der Waals surface area contributed by atoms with Gasteiger partial charge in [0.15, 0.2) is 0 Å². The van der Waals surface area contributed by atoms with Crippen LogP contribution in [0.3, 0.4) is 0 Å². The molecule has 2 atom stereocenters. The molecule has 0 aromatic rings. The summed E-state index contributed by atoms with van der Waals surface area (Å²) in [5.41, 5.74) is 0. The van der Waals surface area contributed by atoms with E-state index in [1.165, 1.54) is 0 Å². The van der Waals surface area contributed by atoms with Gasteiger partial charge in [-0.2, -0.15) is 0 Å². The number of carbonyl (C=O) groups excluding carboxylic acids is 1. The zero-order valence-corrected chi connectivity index (χ0v) is 10.7. The molecule has 1 N–H and O–H groups in total. The first-order valence-electron chi connectivity index (χ1n) is 5.72. The molecule has 0 rings (SSSR count). The number of carboxylic acids is 1. The molecule has 94 valence electrons. The van der Waals surface area contributed by atoms with E-state index < -0.39 is 23.8 Å². The van der Waals surface area contributed by atoms with Crippen LogP contribution in [0.2, 0.25) is 0 Å². The third-order valence-electron chi connectivity index (χ3n) is 2.67. The Bertz CT molecular complexity index is 245. The minimum absolute atomic E-state index is 0.0393. The number of aliphatic carboxylic acids is 1. The fourth-order valence-corrected chi connectivity index (χ4v) is 1.93. The lowest BCUT2D eigenvalue weighted by Gasteiger charge is -2.27. The van der Waals surface area contributed by atoms with Crippen molar-refractivity contribution >= 4 is 11.9 Å². The second-order valence-corrected chi connectivity index (χ2v) is 4.63. The second kappa shape index (κ2) is 6.51. The predicted molar refractivity (Wildman–Crippen MR) is 60.9 cm³/mol. The van der Waals surface area contributed by atoms with E-state index in [4.69, 9.17) is 4.74 Å². The van der Waals surface area contributed by atoms with E-state index in [-0.39, 0.29) is 18.4 Å². The molecule has 0 aromatic heterocycles. The molecule has 4 heteroatoms. The Morgan fingerprint density at radius 3 is 1.75 bits per heavy atom. The minimum Gasteiger partial charge on any atom is -0.481 e. The van der Waals surface area contributed by atoms with Crippen molar-refractivity contribution in [1.82, 2.24) is 0 Å². The summed E-state index contributed by atoms with van der Waals surface area (Å²) in [6, 6.07) is 0. The molecule has 0 saturated carbocycles. The van der Waals surface area contributed by atoms with E-state index in [0.717, 1.165) is 0 Å². The van der Waals surface area contributed by atoms with Crippen LogP contribution in [-0.2, 0) is 14.3 Å². The van der Waals surface area contributed by atoms with Crippen LogP contribution in [0.4, 0.5) is 0 Å². The van der Waals surface area contributed by atoms with Crippen LogP contribution in [0.1, 0.15) is 34.6 Å². The van der Waals surface area contributed by atoms with E-state index in [1.807, 2.05) is 27.7 Å². The van der Waals surface area contributed by atoms with E-state index in [1.54, 1.807) is 6.92 Å². The van der Waals surface area contributed by atoms with Gasteiger partial charge in [-0.3, -0.25) is 9.59 Å². The SMILES string of the molecule is CCOC(=O)C(C(C)C)C(C(=O)O)C(C)C. The third-order valence-corrected chi connectivity index (χ3v) is 2.67. The molecule has 0 aliphatic carbocycles. The van der Waals surface area contributed by atoms with Crippen molar-refractivity contribution in [2.75, 3.05) is 6.61 Å². The highest BCUT2D eigenvalue weighted by Gasteiger charge is 2.38. The van der Waals surface area contributed by atoms with E-state index in [2.05, 4.69) is 0 Å². The lowest BCUT2D eigenvalue weighted by Crippen LogP contribution is -2.37. The first-order chi connectivity index (χ1) is 7.32. The van der Waals surface area contributed by atoms with Crippen LogP contribution in [0.15, 0.2) is 0 Å². The molecule has 0 heterocycles. The summed E-state index contributed by atoms with van der Waals surface area (Å²) in [4.78, 5) is 22.9. The van der Waals surface area contributed by atoms with Crippen LogP contribution in [0, 0.1) is 23.7 Å². The van der Waals surface area contributed by atoms with E-state index >= 15 is 0 Å². The van der Waals surface area contributed by atoms with Crippen LogP contribution >= 0.6 is 0 Å². The van der Waals surface area contributed by atoms with Crippen molar-refractivity contribution in [2.24, 2.45) is 23.7 Å². The number of carbonyl (C=O) groups is 2. The van der Waals surface area contributed by atoms with Gasteiger partial charge in [0.1, 0.15) is 0 Å². The molecule has 0 aliphatic rings. The van der Waals surface area contributed by atoms with Gasteiger partial charge in [0.2, 0.25) is 0 Å². The summed E-state index contributed by atoms with van der Waals surface area (Å²) < 4.78 is 4.94. The van der Waals surface area contributed by atoms with Crippen LogP contribution in [0.25, 0.3) is 0 Å². The lowest BCUT2D eigenvalue weighted by molar-refractivity contribution is -0.161. The monoisotopic (exact) mass is 230 g/mol. The summed E-state index contributed by atoms with van der Waals surface area (Å²) in [6.45, 7) is 9.33. The largest absolute Gasteiger partial charge is 0.481 e. The first kappa shape index (κ1) is 14.9. The molecular weight excluding hydrogens is 208 g/mol. The standard InChI is InChI=1S/C12H22O4/c1-6-16-12(15)10(8(4)5)9(7(2)3)11(13)14/h7-10H,6H2,1-5H3,(H,13,14). The maximum Gasteiger partial charge on any atom is 0.310 e. The number of hydrogen-bond acceptors (Lipinski definition) is 3. The van der Waals surface area contributed by atoms with Gasteiger partial charge in [0, 0.05) is 0 Å². The molecule has 0 bridgehead atoms. The van der Waals surface area contributed by atoms with Gasteiger partial charge in [-0.1, -0.05) is 27.7 Å². The molecule has 0 saturated heterocycles. The van der Waals surface area contributed by atoms with Gasteiger partial charge in [0.25, 0.3) is 0 Å². The van der Waals surface area contributed by atoms with Gasteiger partial charge in [0.05, 0.1) is 18.4 Å². The number of ether oxygens (including phenoxy) is 1. The molecule has 0 aromatic carbocycles. The molecule has 0 radical (unpaired) electrons. The van der Waals surface area contributed by atoms with Gasteiger partial charge in [-0.25, -0.2) is 0 Å². The quantitative estimate of drug-likeness (QED) is 0.710. The minimum atomic E-state index is -0.929. The van der Waals surface area contributed by atoms with E-state index in [9.17, 15) is 14.7 Å². The van der Waals surface area contributed by atoms with Gasteiger partial charge < -0.3 is 9.84 Å². The average Bonchev–Trinajstić information content (AvgIpc) is 2.11. The van der Waals surface area contributed by atoms with Gasteiger partial charge in [-0.15, -0.1) is 0 Å². The number of carboxylic acid groups (broad SMARTS) is 1. The normalized spacial score (nSPS) is 14.9. The molecule has 0 amide bonds. The highest BCUT2D eigenvalue weighted by Crippen LogP contribution is 2.29. The molecule has 16 heavy (non-hydrogen) atoms. The van der Waals surface area contributed by atoms with Crippen molar-refractivity contribution in [1.29, 1.82) is 0 Å². The van der Waals surface area contributed by atoms with Crippen LogP contribution in [-0.4, -0.2) is 23.7 Å². The topological polar surface area (TPSA) is 63.6 Å². The Morgan fingerprint density at radius 2 is 1.50 bits per heavy atom. The molecular formula is C12H22O4. The Balaban J connectivity index is 5.00. The summed E-state index contributed by atoms with van der Waals surface area (Å²) in [6.07, 6.45) is 0. The molecule has 4 nitrogen and oxygen atoms in total. The fraction of sp³-hybridized carbons (Fsp3) is 0.833. The molecule has 0 aliphatic heterocycles. The molecule has 0 spiro atoms. The predicted octanol–water partition coefficient (Wildman–Crippen LogP) is 2.18. The maximum atomic E-state index is 11.7. The second-order valence-electron chi connectivity index (χ2n) is 4.63. The van der Waals surface area contributed by atoms with Crippen molar-refractivity contribution in [3.8, 4) is 0 Å². The summed E-state index contributed by atoms with van der Waals surface area (Å²) in [7, 11) is 0. The summed E-state index contributed by atoms with van der Waals surface area (Å²) in [5, 5.41) is 9.17. The first-order valence-corrected chi connectivity index (χ1v) is 5.72. The zero-order valence-electron chi connectivity index (χ0n) is 10.7. The summed E-state index contributed by atoms with van der Waals surface area (Å²) >= 11 is 0. The number of esters is 1. The van der Waals surface area contributed by atoms with Crippen molar-refractivity contribution < 1.29 is 19.4 Å². The van der Waals surface area contributed by atoms with Crippen LogP contribution in [0.5, 0.6) is 0 Å². The highest BCUT2D eigenvalue weighted by molar-refractivity contribution is 5.81. The smallest absolute Gasteiger partial charge is 0.310 e. The zero-order chi connectivity index (χ0) is 12.9. The van der Waals surface area contributed by atoms with Crippen molar-refractivity contribution in [2.45, 2.75) is 34.6 Å². The number of hydrogen-bond donors (Lipinski definition) is 1. The highest BCUT2D eigenvalue weighted by atomic mass is 16.5. The Labute approximate surface area is 97.0 Å².